The molecule has 0 saturated carbocycles. The summed E-state index contributed by atoms with van der Waals surface area (Å²) >= 11 is 0. The van der Waals surface area contributed by atoms with E-state index in [1.54, 1.807) is 46.1 Å². The van der Waals surface area contributed by atoms with E-state index in [9.17, 15) is 9.59 Å². The second kappa shape index (κ2) is 9.54. The fraction of sp³-hybridized carbons (Fsp3) is 0.462. The van der Waals surface area contributed by atoms with Gasteiger partial charge in [0.2, 0.25) is 6.79 Å². The van der Waals surface area contributed by atoms with Crippen LogP contribution in [0.5, 0.6) is 23.0 Å². The molecule has 2 aliphatic heterocycles. The van der Waals surface area contributed by atoms with E-state index in [1.807, 2.05) is 18.2 Å². The van der Waals surface area contributed by atoms with E-state index >= 15 is 0 Å². The van der Waals surface area contributed by atoms with Crippen LogP contribution in [0.15, 0.2) is 36.4 Å². The lowest BCUT2D eigenvalue weighted by atomic mass is 9.83. The third kappa shape index (κ3) is 4.68. The van der Waals surface area contributed by atoms with Crippen LogP contribution in [0.3, 0.4) is 0 Å². The van der Waals surface area contributed by atoms with Crippen molar-refractivity contribution in [3.8, 4) is 23.0 Å². The van der Waals surface area contributed by atoms with Crippen LogP contribution in [0.4, 0.5) is 0 Å². The number of hydrogen-bond donors (Lipinski definition) is 0. The largest absolute Gasteiger partial charge is 0.493 e. The first-order valence-electron chi connectivity index (χ1n) is 11.2. The van der Waals surface area contributed by atoms with Crippen molar-refractivity contribution in [1.82, 2.24) is 0 Å². The number of ketones is 1. The number of rotatable bonds is 7. The highest BCUT2D eigenvalue weighted by Crippen LogP contribution is 2.44. The Morgan fingerprint density at radius 2 is 1.71 bits per heavy atom. The maximum absolute atomic E-state index is 13.6. The number of methoxy groups -OCH3 is 2. The van der Waals surface area contributed by atoms with Crippen LogP contribution in [-0.4, -0.2) is 46.0 Å². The summed E-state index contributed by atoms with van der Waals surface area (Å²) in [5.41, 5.74) is 0.657. The molecule has 2 heterocycles. The number of hydrogen-bond acceptors (Lipinski definition) is 8. The Balaban J connectivity index is 1.62. The Bertz CT molecular complexity index is 1070. The Kier molecular flexibility index (Phi) is 6.70. The number of ether oxygens (including phenoxy) is 6. The van der Waals surface area contributed by atoms with Gasteiger partial charge in [-0.2, -0.15) is 0 Å². The van der Waals surface area contributed by atoms with E-state index in [1.165, 1.54) is 7.11 Å². The van der Waals surface area contributed by atoms with E-state index < -0.39 is 17.4 Å². The zero-order chi connectivity index (χ0) is 24.5. The molecule has 8 heteroatoms. The van der Waals surface area contributed by atoms with Gasteiger partial charge >= 0.3 is 5.97 Å². The molecule has 2 aliphatic rings. The van der Waals surface area contributed by atoms with Gasteiger partial charge in [-0.25, -0.2) is 0 Å². The summed E-state index contributed by atoms with van der Waals surface area (Å²) < 4.78 is 33.4. The standard InChI is InChI=1S/C26H30O8/c1-26(2,3)25(28)32-13-18-17(23(27)15-6-8-19(29-4)21(10-15)30-5)12-31-24(18)16-7-9-20-22(11-16)34-14-33-20/h6-11,17-18,24H,12-14H2,1-5H3/t17-,18+,24-/m1/s1. The molecule has 34 heavy (non-hydrogen) atoms. The van der Waals surface area contributed by atoms with Gasteiger partial charge in [0.25, 0.3) is 0 Å². The molecule has 0 aliphatic carbocycles. The summed E-state index contributed by atoms with van der Waals surface area (Å²) in [6.45, 7) is 5.80. The van der Waals surface area contributed by atoms with Crippen molar-refractivity contribution in [2.75, 3.05) is 34.2 Å². The second-order valence-corrected chi connectivity index (χ2v) is 9.42. The quantitative estimate of drug-likeness (QED) is 0.439. The average molecular weight is 471 g/mol. The van der Waals surface area contributed by atoms with Gasteiger partial charge < -0.3 is 28.4 Å². The summed E-state index contributed by atoms with van der Waals surface area (Å²) in [5, 5.41) is 0. The van der Waals surface area contributed by atoms with E-state index in [4.69, 9.17) is 28.4 Å². The second-order valence-electron chi connectivity index (χ2n) is 9.42. The molecule has 1 fully saturated rings. The van der Waals surface area contributed by atoms with Crippen LogP contribution in [0.25, 0.3) is 0 Å². The predicted molar refractivity (Wildman–Crippen MR) is 123 cm³/mol. The minimum atomic E-state index is -0.656. The summed E-state index contributed by atoms with van der Waals surface area (Å²) in [6, 6.07) is 10.6. The topological polar surface area (TPSA) is 89.5 Å². The molecule has 0 bridgehead atoms. The van der Waals surface area contributed by atoms with Gasteiger partial charge in [-0.1, -0.05) is 6.07 Å². The van der Waals surface area contributed by atoms with Crippen LogP contribution >= 0.6 is 0 Å². The van der Waals surface area contributed by atoms with Crippen LogP contribution in [0.1, 0.15) is 42.8 Å². The molecule has 182 valence electrons. The Hall–Kier alpha value is -3.26. The third-order valence-corrected chi connectivity index (χ3v) is 6.11. The van der Waals surface area contributed by atoms with Crippen LogP contribution < -0.4 is 18.9 Å². The highest BCUT2D eigenvalue weighted by Gasteiger charge is 2.44. The lowest BCUT2D eigenvalue weighted by Gasteiger charge is -2.25. The first-order valence-corrected chi connectivity index (χ1v) is 11.2. The average Bonchev–Trinajstić information content (AvgIpc) is 3.47. The molecule has 0 N–H and O–H groups in total. The summed E-state index contributed by atoms with van der Waals surface area (Å²) in [6.07, 6.45) is -0.448. The Labute approximate surface area is 199 Å². The number of fused-ring (bicyclic) bond motifs is 1. The van der Waals surface area contributed by atoms with Crippen molar-refractivity contribution < 1.29 is 38.0 Å². The first-order chi connectivity index (χ1) is 16.2. The minimum absolute atomic E-state index is 0.0545. The molecule has 4 rings (SSSR count). The van der Waals surface area contributed by atoms with E-state index in [2.05, 4.69) is 0 Å². The predicted octanol–water partition coefficient (Wildman–Crippen LogP) is 4.21. The molecule has 8 nitrogen and oxygen atoms in total. The van der Waals surface area contributed by atoms with E-state index in [-0.39, 0.29) is 37.7 Å². The van der Waals surface area contributed by atoms with Crippen molar-refractivity contribution in [1.29, 1.82) is 0 Å². The van der Waals surface area contributed by atoms with Crippen molar-refractivity contribution in [2.45, 2.75) is 26.9 Å². The summed E-state index contributed by atoms with van der Waals surface area (Å²) in [5.74, 6) is 0.957. The van der Waals surface area contributed by atoms with E-state index in [0.29, 0.717) is 28.6 Å². The van der Waals surface area contributed by atoms with Crippen LogP contribution in [0.2, 0.25) is 0 Å². The van der Waals surface area contributed by atoms with Crippen LogP contribution in [-0.2, 0) is 14.3 Å². The molecule has 0 unspecified atom stereocenters. The number of esters is 1. The molecule has 0 aromatic heterocycles. The third-order valence-electron chi connectivity index (χ3n) is 6.11. The van der Waals surface area contributed by atoms with E-state index in [0.717, 1.165) is 5.56 Å². The molecule has 0 radical (unpaired) electrons. The lowest BCUT2D eigenvalue weighted by Crippen LogP contribution is -2.31. The normalized spacial score (nSPS) is 21.3. The molecule has 2 aromatic carbocycles. The van der Waals surface area contributed by atoms with Crippen molar-refractivity contribution in [3.05, 3.63) is 47.5 Å². The van der Waals surface area contributed by atoms with Gasteiger partial charge in [0, 0.05) is 11.5 Å². The molecular weight excluding hydrogens is 440 g/mol. The molecule has 3 atom stereocenters. The lowest BCUT2D eigenvalue weighted by molar-refractivity contribution is -0.155. The number of carbonyl (C=O) groups is 2. The monoisotopic (exact) mass is 470 g/mol. The Morgan fingerprint density at radius 1 is 0.971 bits per heavy atom. The molecule has 0 spiro atoms. The summed E-state index contributed by atoms with van der Waals surface area (Å²) in [4.78, 5) is 26.1. The van der Waals surface area contributed by atoms with Gasteiger partial charge in [0.05, 0.1) is 44.9 Å². The molecular formula is C26H30O8. The molecule has 0 amide bonds. The van der Waals surface area contributed by atoms with Crippen molar-refractivity contribution >= 4 is 11.8 Å². The van der Waals surface area contributed by atoms with Gasteiger partial charge in [-0.05, 0) is 56.7 Å². The fourth-order valence-electron chi connectivity index (χ4n) is 4.16. The van der Waals surface area contributed by atoms with Crippen LogP contribution in [0, 0.1) is 17.3 Å². The maximum atomic E-state index is 13.6. The zero-order valence-electron chi connectivity index (χ0n) is 20.1. The number of carbonyl (C=O) groups excluding carboxylic acids is 2. The Morgan fingerprint density at radius 3 is 2.41 bits per heavy atom. The minimum Gasteiger partial charge on any atom is -0.493 e. The first kappa shape index (κ1) is 23.9. The van der Waals surface area contributed by atoms with Crippen molar-refractivity contribution in [2.24, 2.45) is 17.3 Å². The molecule has 2 aromatic rings. The van der Waals surface area contributed by atoms with Crippen molar-refractivity contribution in [3.63, 3.8) is 0 Å². The van der Waals surface area contributed by atoms with Gasteiger partial charge in [-0.15, -0.1) is 0 Å². The zero-order valence-corrected chi connectivity index (χ0v) is 20.1. The summed E-state index contributed by atoms with van der Waals surface area (Å²) in [7, 11) is 3.06. The highest BCUT2D eigenvalue weighted by molar-refractivity contribution is 5.99. The number of benzene rings is 2. The number of Topliss-reactive ketones (excluding diaryl/α,β-unsaturated/α-hetero) is 1. The maximum Gasteiger partial charge on any atom is 0.311 e. The fourth-order valence-corrected chi connectivity index (χ4v) is 4.16. The van der Waals surface area contributed by atoms with Gasteiger partial charge in [-0.3, -0.25) is 9.59 Å². The smallest absolute Gasteiger partial charge is 0.311 e. The van der Waals surface area contributed by atoms with Gasteiger partial charge in [0.1, 0.15) is 0 Å². The SMILES string of the molecule is COc1ccc(C(=O)[C@@H]2CO[C@H](c3ccc4c(c3)OCO4)[C@H]2COC(=O)C(C)(C)C)cc1OC. The molecule has 1 saturated heterocycles. The highest BCUT2D eigenvalue weighted by atomic mass is 16.7. The van der Waals surface area contributed by atoms with Gasteiger partial charge in [0.15, 0.2) is 28.8 Å².